The molecule has 0 atom stereocenters. The van der Waals surface area contributed by atoms with Gasteiger partial charge in [-0.1, -0.05) is 17.7 Å². The van der Waals surface area contributed by atoms with Crippen molar-refractivity contribution in [3.8, 4) is 23.0 Å². The highest BCUT2D eigenvalue weighted by atomic mass is 35.5. The molecule has 2 aromatic rings. The fourth-order valence-electron chi connectivity index (χ4n) is 1.43. The van der Waals surface area contributed by atoms with Gasteiger partial charge in [-0.3, -0.25) is 0 Å². The summed E-state index contributed by atoms with van der Waals surface area (Å²) in [6.45, 7) is 0. The number of aromatic hydroxyl groups is 1. The summed E-state index contributed by atoms with van der Waals surface area (Å²) in [4.78, 5) is 0. The average Bonchev–Trinajstić information content (AvgIpc) is 2.36. The van der Waals surface area contributed by atoms with E-state index in [0.717, 1.165) is 0 Å². The highest BCUT2D eigenvalue weighted by Gasteiger charge is 2.13. The van der Waals surface area contributed by atoms with E-state index >= 15 is 0 Å². The van der Waals surface area contributed by atoms with Gasteiger partial charge in [0.1, 0.15) is 0 Å². The van der Waals surface area contributed by atoms with E-state index in [1.807, 2.05) is 0 Å². The van der Waals surface area contributed by atoms with Crippen LogP contribution in [0.3, 0.4) is 0 Å². The third kappa shape index (κ3) is 2.49. The van der Waals surface area contributed by atoms with E-state index in [1.54, 1.807) is 6.07 Å². The Morgan fingerprint density at radius 2 is 1.94 bits per heavy atom. The summed E-state index contributed by atoms with van der Waals surface area (Å²) >= 11 is 5.78. The van der Waals surface area contributed by atoms with Gasteiger partial charge in [0.2, 0.25) is 5.75 Å². The number of methoxy groups -OCH3 is 1. The Hall–Kier alpha value is -1.94. The van der Waals surface area contributed by atoms with Crippen LogP contribution < -0.4 is 9.47 Å². The summed E-state index contributed by atoms with van der Waals surface area (Å²) in [6, 6.07) is 8.55. The first-order valence-corrected chi connectivity index (χ1v) is 5.48. The van der Waals surface area contributed by atoms with Crippen molar-refractivity contribution < 1.29 is 19.0 Å². The highest BCUT2D eigenvalue weighted by molar-refractivity contribution is 6.30. The minimum atomic E-state index is -0.589. The first-order valence-electron chi connectivity index (χ1n) is 5.10. The van der Waals surface area contributed by atoms with Crippen LogP contribution in [0.25, 0.3) is 0 Å². The molecule has 0 unspecified atom stereocenters. The molecule has 0 fully saturated rings. The quantitative estimate of drug-likeness (QED) is 0.915. The topological polar surface area (TPSA) is 38.7 Å². The van der Waals surface area contributed by atoms with Crippen molar-refractivity contribution in [3.63, 3.8) is 0 Å². The van der Waals surface area contributed by atoms with E-state index in [9.17, 15) is 9.50 Å². The Balaban J connectivity index is 2.42. The molecule has 1 N–H and O–H groups in total. The molecule has 0 aromatic heterocycles. The van der Waals surface area contributed by atoms with Gasteiger partial charge in [0.05, 0.1) is 7.11 Å². The number of para-hydroxylation sites is 1. The largest absolute Gasteiger partial charge is 0.504 e. The van der Waals surface area contributed by atoms with Crippen LogP contribution in [-0.4, -0.2) is 12.2 Å². The number of hydrogen-bond acceptors (Lipinski definition) is 3. The highest BCUT2D eigenvalue weighted by Crippen LogP contribution is 2.38. The molecule has 2 aromatic carbocycles. The maximum Gasteiger partial charge on any atom is 0.205 e. The molecular formula is C13H10ClFO3. The first-order chi connectivity index (χ1) is 8.61. The summed E-state index contributed by atoms with van der Waals surface area (Å²) in [6.07, 6.45) is 0. The van der Waals surface area contributed by atoms with Gasteiger partial charge in [0.15, 0.2) is 23.1 Å². The van der Waals surface area contributed by atoms with Gasteiger partial charge in [-0.05, 0) is 24.3 Å². The summed E-state index contributed by atoms with van der Waals surface area (Å²) in [7, 11) is 1.40. The van der Waals surface area contributed by atoms with Crippen molar-refractivity contribution in [1.82, 2.24) is 0 Å². The number of hydrogen-bond donors (Lipinski definition) is 1. The maximum atomic E-state index is 13.6. The molecule has 5 heteroatoms. The minimum absolute atomic E-state index is 0.0610. The smallest absolute Gasteiger partial charge is 0.205 e. The van der Waals surface area contributed by atoms with Crippen molar-refractivity contribution in [2.75, 3.05) is 7.11 Å². The van der Waals surface area contributed by atoms with Crippen molar-refractivity contribution in [2.45, 2.75) is 0 Å². The number of benzene rings is 2. The van der Waals surface area contributed by atoms with Crippen LogP contribution in [0.2, 0.25) is 5.02 Å². The molecule has 0 amide bonds. The van der Waals surface area contributed by atoms with Crippen molar-refractivity contribution in [1.29, 1.82) is 0 Å². The molecule has 2 rings (SSSR count). The van der Waals surface area contributed by atoms with Gasteiger partial charge >= 0.3 is 0 Å². The number of ether oxygens (including phenoxy) is 2. The number of rotatable bonds is 3. The fourth-order valence-corrected chi connectivity index (χ4v) is 1.59. The zero-order chi connectivity index (χ0) is 13.1. The van der Waals surface area contributed by atoms with E-state index in [0.29, 0.717) is 5.02 Å². The normalized spacial score (nSPS) is 10.2. The molecule has 3 nitrogen and oxygen atoms in total. The third-order valence-electron chi connectivity index (χ3n) is 2.28. The Kier molecular flexibility index (Phi) is 3.58. The van der Waals surface area contributed by atoms with Crippen LogP contribution in [0.1, 0.15) is 0 Å². The molecule has 0 radical (unpaired) electrons. The van der Waals surface area contributed by atoms with E-state index < -0.39 is 5.82 Å². The predicted octanol–water partition coefficient (Wildman–Crippen LogP) is 3.99. The molecular weight excluding hydrogens is 259 g/mol. The summed E-state index contributed by atoms with van der Waals surface area (Å²) in [5, 5.41) is 9.98. The first kappa shape index (κ1) is 12.5. The Bertz CT molecular complexity index is 572. The van der Waals surface area contributed by atoms with Crippen molar-refractivity contribution in [3.05, 3.63) is 47.2 Å². The lowest BCUT2D eigenvalue weighted by atomic mass is 10.3. The molecule has 0 aliphatic heterocycles. The molecule has 0 saturated carbocycles. The van der Waals surface area contributed by atoms with Crippen LogP contribution in [0.15, 0.2) is 36.4 Å². The molecule has 0 saturated heterocycles. The Morgan fingerprint density at radius 1 is 1.17 bits per heavy atom. The molecule has 94 valence electrons. The minimum Gasteiger partial charge on any atom is -0.504 e. The maximum absolute atomic E-state index is 13.6. The van der Waals surface area contributed by atoms with Crippen LogP contribution >= 0.6 is 11.6 Å². The van der Waals surface area contributed by atoms with Gasteiger partial charge in [-0.2, -0.15) is 0 Å². The average molecular weight is 269 g/mol. The van der Waals surface area contributed by atoms with Crippen LogP contribution in [0.4, 0.5) is 4.39 Å². The van der Waals surface area contributed by atoms with E-state index in [2.05, 4.69) is 0 Å². The van der Waals surface area contributed by atoms with Gasteiger partial charge in [-0.15, -0.1) is 0 Å². The second-order valence-corrected chi connectivity index (χ2v) is 3.92. The Labute approximate surface area is 108 Å². The van der Waals surface area contributed by atoms with Crippen molar-refractivity contribution in [2.24, 2.45) is 0 Å². The van der Waals surface area contributed by atoms with Gasteiger partial charge in [0.25, 0.3) is 0 Å². The molecule has 0 aliphatic rings. The van der Waals surface area contributed by atoms with Gasteiger partial charge in [0, 0.05) is 11.1 Å². The summed E-state index contributed by atoms with van der Waals surface area (Å²) < 4.78 is 23.9. The zero-order valence-electron chi connectivity index (χ0n) is 9.48. The lowest BCUT2D eigenvalue weighted by Gasteiger charge is -2.12. The number of phenols is 1. The van der Waals surface area contributed by atoms with Crippen LogP contribution in [-0.2, 0) is 0 Å². The monoisotopic (exact) mass is 268 g/mol. The molecule has 0 aliphatic carbocycles. The predicted molar refractivity (Wildman–Crippen MR) is 66.1 cm³/mol. The molecule has 18 heavy (non-hydrogen) atoms. The van der Waals surface area contributed by atoms with Crippen LogP contribution in [0, 0.1) is 5.82 Å². The summed E-state index contributed by atoms with van der Waals surface area (Å²) in [5.41, 5.74) is 0. The fraction of sp³-hybridized carbons (Fsp3) is 0.0769. The van der Waals surface area contributed by atoms with Crippen molar-refractivity contribution >= 4 is 11.6 Å². The van der Waals surface area contributed by atoms with E-state index in [4.69, 9.17) is 21.1 Å². The molecule has 0 bridgehead atoms. The number of halogens is 2. The van der Waals surface area contributed by atoms with Gasteiger partial charge in [-0.25, -0.2) is 4.39 Å². The zero-order valence-corrected chi connectivity index (χ0v) is 10.2. The lowest BCUT2D eigenvalue weighted by Crippen LogP contribution is -1.93. The summed E-state index contributed by atoms with van der Waals surface area (Å²) in [5.74, 6) is -0.531. The second kappa shape index (κ2) is 5.14. The Morgan fingerprint density at radius 3 is 2.67 bits per heavy atom. The van der Waals surface area contributed by atoms with E-state index in [-0.39, 0.29) is 23.0 Å². The number of phenolic OH excluding ortho intramolecular Hbond substituents is 1. The lowest BCUT2D eigenvalue weighted by molar-refractivity contribution is 0.352. The molecule has 0 spiro atoms. The molecule has 0 heterocycles. The van der Waals surface area contributed by atoms with E-state index in [1.165, 1.54) is 37.4 Å². The third-order valence-corrected chi connectivity index (χ3v) is 2.52. The second-order valence-electron chi connectivity index (χ2n) is 3.49. The van der Waals surface area contributed by atoms with Crippen LogP contribution in [0.5, 0.6) is 23.0 Å². The SMILES string of the molecule is COc1cccc(F)c1Oc1cc(Cl)ccc1O. The van der Waals surface area contributed by atoms with Gasteiger partial charge < -0.3 is 14.6 Å². The standard InChI is InChI=1S/C13H10ClFO3/c1-17-11-4-2-3-9(15)13(11)18-12-7-8(14)5-6-10(12)16/h2-7,16H,1H3.